The van der Waals surface area contributed by atoms with E-state index in [1.54, 1.807) is 41.7 Å². The number of thiophene rings is 1. The molecule has 0 bridgehead atoms. The van der Waals surface area contributed by atoms with Gasteiger partial charge in [-0.05, 0) is 49.4 Å². The molecule has 0 saturated heterocycles. The van der Waals surface area contributed by atoms with Crippen LogP contribution in [0, 0.1) is 12.7 Å². The molecule has 4 aromatic rings. The van der Waals surface area contributed by atoms with E-state index >= 15 is 0 Å². The van der Waals surface area contributed by atoms with Crippen LogP contribution in [0.15, 0.2) is 60.0 Å². The summed E-state index contributed by atoms with van der Waals surface area (Å²) in [4.78, 5) is 23.6. The maximum atomic E-state index is 14.1. The number of carbonyl (C=O) groups excluding carboxylic acids is 1. The Balaban J connectivity index is 1.68. The van der Waals surface area contributed by atoms with Crippen LogP contribution in [0.1, 0.15) is 26.4 Å². The summed E-state index contributed by atoms with van der Waals surface area (Å²) < 4.78 is 37.6. The number of benzene rings is 2. The molecular weight excluding hydrogens is 495 g/mol. The molecule has 0 fully saturated rings. The second-order valence-electron chi connectivity index (χ2n) is 7.64. The monoisotopic (exact) mass is 514 g/mol. The molecule has 2 unspecified atom stereocenters. The van der Waals surface area contributed by atoms with Crippen LogP contribution < -0.4 is 14.5 Å². The zero-order valence-electron chi connectivity index (χ0n) is 18.1. The molecule has 0 aliphatic carbocycles. The molecule has 174 valence electrons. The van der Waals surface area contributed by atoms with Gasteiger partial charge in [0.1, 0.15) is 12.0 Å². The minimum atomic E-state index is -2.34. The van der Waals surface area contributed by atoms with E-state index < -0.39 is 29.2 Å². The number of para-hydroxylation sites is 2. The van der Waals surface area contributed by atoms with E-state index in [9.17, 15) is 17.9 Å². The number of nitrogens with zero attached hydrogens (tertiary/aromatic N) is 3. The van der Waals surface area contributed by atoms with Crippen LogP contribution in [-0.4, -0.2) is 26.7 Å². The third-order valence-corrected chi connectivity index (χ3v) is 7.83. The third-order valence-electron chi connectivity index (χ3n) is 5.51. The first-order valence-corrected chi connectivity index (χ1v) is 13.0. The molecular formula is C23H19FN4O3S3. The first-order chi connectivity index (χ1) is 16.3. The SMILES string of the molecule is Cc1nc(-c2ccc(C3N(C)c4ccc(F)cc4C(=O)N3c3ccccc3NS(=O)O)s2)cs1. The fourth-order valence-corrected chi connectivity index (χ4v) is 6.21. The van der Waals surface area contributed by atoms with E-state index in [0.717, 1.165) is 20.5 Å². The minimum absolute atomic E-state index is 0.213. The van der Waals surface area contributed by atoms with Gasteiger partial charge in [0.15, 0.2) is 0 Å². The molecule has 2 N–H and O–H groups in total. The highest BCUT2D eigenvalue weighted by Gasteiger charge is 2.40. The number of rotatable bonds is 5. The molecule has 1 amide bonds. The van der Waals surface area contributed by atoms with Crippen molar-refractivity contribution < 1.29 is 17.9 Å². The van der Waals surface area contributed by atoms with Crippen molar-refractivity contribution in [3.63, 3.8) is 0 Å². The van der Waals surface area contributed by atoms with Crippen LogP contribution in [0.3, 0.4) is 0 Å². The molecule has 3 heterocycles. The zero-order chi connectivity index (χ0) is 24.0. The lowest BCUT2D eigenvalue weighted by Gasteiger charge is -2.43. The van der Waals surface area contributed by atoms with Gasteiger partial charge in [0, 0.05) is 17.3 Å². The van der Waals surface area contributed by atoms with Gasteiger partial charge < -0.3 is 4.90 Å². The van der Waals surface area contributed by atoms with Gasteiger partial charge in [-0.2, -0.15) is 0 Å². The Hall–Kier alpha value is -3.12. The highest BCUT2D eigenvalue weighted by Crippen LogP contribution is 2.45. The van der Waals surface area contributed by atoms with Crippen molar-refractivity contribution in [3.05, 3.63) is 81.2 Å². The number of thiazole rings is 1. The van der Waals surface area contributed by atoms with Crippen molar-refractivity contribution in [2.24, 2.45) is 0 Å². The Morgan fingerprint density at radius 3 is 2.68 bits per heavy atom. The molecule has 0 spiro atoms. The Kier molecular flexibility index (Phi) is 5.94. The van der Waals surface area contributed by atoms with Crippen molar-refractivity contribution in [1.82, 2.24) is 4.98 Å². The molecule has 1 aliphatic heterocycles. The normalized spacial score (nSPS) is 16.5. The van der Waals surface area contributed by atoms with Crippen LogP contribution in [0.2, 0.25) is 0 Å². The number of nitrogens with one attached hydrogen (secondary N) is 1. The summed E-state index contributed by atoms with van der Waals surface area (Å²) in [6.45, 7) is 1.95. The topological polar surface area (TPSA) is 85.8 Å². The molecule has 0 saturated carbocycles. The van der Waals surface area contributed by atoms with E-state index in [-0.39, 0.29) is 5.56 Å². The summed E-state index contributed by atoms with van der Waals surface area (Å²) in [6, 6.07) is 14.8. The molecule has 0 radical (unpaired) electrons. The number of anilines is 3. The van der Waals surface area contributed by atoms with Crippen molar-refractivity contribution in [2.75, 3.05) is 21.6 Å². The predicted octanol–water partition coefficient (Wildman–Crippen LogP) is 5.66. The predicted molar refractivity (Wildman–Crippen MR) is 135 cm³/mol. The lowest BCUT2D eigenvalue weighted by Crippen LogP contribution is -2.48. The van der Waals surface area contributed by atoms with Crippen LogP contribution in [-0.2, 0) is 11.3 Å². The molecule has 34 heavy (non-hydrogen) atoms. The average Bonchev–Trinajstić information content (AvgIpc) is 3.45. The number of carbonyl (C=O) groups is 1. The van der Waals surface area contributed by atoms with Gasteiger partial charge in [0.25, 0.3) is 17.2 Å². The first kappa shape index (κ1) is 22.7. The van der Waals surface area contributed by atoms with E-state index in [0.29, 0.717) is 17.1 Å². The summed E-state index contributed by atoms with van der Waals surface area (Å²) in [6.07, 6.45) is -0.570. The van der Waals surface area contributed by atoms with Gasteiger partial charge in [-0.15, -0.1) is 22.7 Å². The van der Waals surface area contributed by atoms with Crippen molar-refractivity contribution >= 4 is 56.9 Å². The molecule has 2 atom stereocenters. The highest BCUT2D eigenvalue weighted by atomic mass is 32.2. The Morgan fingerprint density at radius 2 is 1.94 bits per heavy atom. The quantitative estimate of drug-likeness (QED) is 0.336. The number of hydrogen-bond donors (Lipinski definition) is 2. The second kappa shape index (κ2) is 8.91. The number of hydrogen-bond acceptors (Lipinski definition) is 6. The van der Waals surface area contributed by atoms with Gasteiger partial charge in [0.05, 0.1) is 38.2 Å². The van der Waals surface area contributed by atoms with E-state index in [2.05, 4.69) is 9.71 Å². The van der Waals surface area contributed by atoms with E-state index in [1.165, 1.54) is 28.4 Å². The largest absolute Gasteiger partial charge is 0.349 e. The van der Waals surface area contributed by atoms with Gasteiger partial charge in [-0.1, -0.05) is 12.1 Å². The average molecular weight is 515 g/mol. The van der Waals surface area contributed by atoms with E-state index in [4.69, 9.17) is 0 Å². The Bertz CT molecular complexity index is 1420. The summed E-state index contributed by atoms with van der Waals surface area (Å²) in [7, 11) is 1.84. The van der Waals surface area contributed by atoms with Crippen molar-refractivity contribution in [3.8, 4) is 10.6 Å². The van der Waals surface area contributed by atoms with Crippen LogP contribution in [0.5, 0.6) is 0 Å². The highest BCUT2D eigenvalue weighted by molar-refractivity contribution is 7.80. The number of halogens is 1. The lowest BCUT2D eigenvalue weighted by molar-refractivity contribution is 0.0969. The van der Waals surface area contributed by atoms with E-state index in [1.807, 2.05) is 36.4 Å². The summed E-state index contributed by atoms with van der Waals surface area (Å²) >= 11 is 0.738. The second-order valence-corrected chi connectivity index (χ2v) is 10.5. The van der Waals surface area contributed by atoms with Crippen LogP contribution in [0.25, 0.3) is 10.6 Å². The third kappa shape index (κ3) is 4.00. The van der Waals surface area contributed by atoms with Gasteiger partial charge in [0.2, 0.25) is 0 Å². The lowest BCUT2D eigenvalue weighted by atomic mass is 10.0. The summed E-state index contributed by atoms with van der Waals surface area (Å²) in [5.74, 6) is -0.922. The molecule has 7 nitrogen and oxygen atoms in total. The fraction of sp³-hybridized carbons (Fsp3) is 0.130. The summed E-state index contributed by atoms with van der Waals surface area (Å²) in [5.41, 5.74) is 2.40. The smallest absolute Gasteiger partial charge is 0.262 e. The van der Waals surface area contributed by atoms with Crippen LogP contribution >= 0.6 is 22.7 Å². The Labute approximate surface area is 205 Å². The number of aromatic nitrogens is 1. The number of aryl methyl sites for hydroxylation is 1. The molecule has 1 aliphatic rings. The van der Waals surface area contributed by atoms with Gasteiger partial charge in [-0.25, -0.2) is 13.6 Å². The van der Waals surface area contributed by atoms with Crippen LogP contribution in [0.4, 0.5) is 21.5 Å². The zero-order valence-corrected chi connectivity index (χ0v) is 20.5. The van der Waals surface area contributed by atoms with Crippen molar-refractivity contribution in [2.45, 2.75) is 13.1 Å². The molecule has 11 heteroatoms. The number of fused-ring (bicyclic) bond motifs is 1. The minimum Gasteiger partial charge on any atom is -0.349 e. The van der Waals surface area contributed by atoms with Gasteiger partial charge >= 0.3 is 0 Å². The summed E-state index contributed by atoms with van der Waals surface area (Å²) in [5, 5.41) is 2.95. The number of amides is 1. The fourth-order valence-electron chi connectivity index (χ4n) is 4.06. The maximum absolute atomic E-state index is 14.1. The first-order valence-electron chi connectivity index (χ1n) is 10.2. The standard InChI is InChI=1S/C23H19FN4O3S3/c1-13-25-17(12-32-13)20-9-10-21(33-20)22-27(2)18-8-7-14(24)11-15(18)23(29)28(22)19-6-4-3-5-16(19)26-34(30)31/h3-12,22,26H,1-2H3,(H,30,31). The molecule has 2 aromatic carbocycles. The molecule has 5 rings (SSSR count). The van der Waals surface area contributed by atoms with Gasteiger partial charge in [-0.3, -0.25) is 19.0 Å². The van der Waals surface area contributed by atoms with Crippen molar-refractivity contribution in [1.29, 1.82) is 0 Å². The maximum Gasteiger partial charge on any atom is 0.262 e. The Morgan fingerprint density at radius 1 is 1.15 bits per heavy atom. The molecule has 2 aromatic heterocycles.